The Morgan fingerprint density at radius 1 is 1.13 bits per heavy atom. The summed E-state index contributed by atoms with van der Waals surface area (Å²) in [5, 5.41) is 4.09. The van der Waals surface area contributed by atoms with E-state index in [0.29, 0.717) is 34.7 Å². The molecule has 0 atom stereocenters. The molecule has 9 heteroatoms. The van der Waals surface area contributed by atoms with Gasteiger partial charge in [0, 0.05) is 22.9 Å². The van der Waals surface area contributed by atoms with Gasteiger partial charge in [-0.05, 0) is 32.0 Å². The molecule has 2 heterocycles. The minimum Gasteiger partial charge on any atom is -0.459 e. The van der Waals surface area contributed by atoms with Crippen LogP contribution in [0.3, 0.4) is 0 Å². The van der Waals surface area contributed by atoms with Crippen molar-refractivity contribution in [3.05, 3.63) is 84.9 Å². The van der Waals surface area contributed by atoms with Crippen LogP contribution in [0.2, 0.25) is 10.0 Å². The first-order chi connectivity index (χ1) is 14.8. The van der Waals surface area contributed by atoms with Crippen molar-refractivity contribution >= 4 is 51.7 Å². The fraction of sp³-hybridized carbons (Fsp3) is 0.136. The molecule has 4 aromatic rings. The van der Waals surface area contributed by atoms with Crippen molar-refractivity contribution in [3.8, 4) is 0 Å². The Morgan fingerprint density at radius 3 is 2.48 bits per heavy atom. The number of nitrogen functional groups attached to an aromatic ring is 1. The van der Waals surface area contributed by atoms with Crippen LogP contribution in [0.25, 0.3) is 11.0 Å². The van der Waals surface area contributed by atoms with E-state index in [-0.39, 0.29) is 27.1 Å². The summed E-state index contributed by atoms with van der Waals surface area (Å²) in [7, 11) is 0. The number of halogens is 2. The molecule has 1 amide bonds. The van der Waals surface area contributed by atoms with E-state index in [0.717, 1.165) is 10.9 Å². The number of aromatic amines is 1. The van der Waals surface area contributed by atoms with Crippen molar-refractivity contribution in [2.24, 2.45) is 0 Å². The number of hydrogen-bond donors (Lipinski definition) is 3. The molecule has 4 rings (SSSR count). The zero-order chi connectivity index (χ0) is 22.3. The molecule has 0 unspecified atom stereocenters. The first-order valence-electron chi connectivity index (χ1n) is 9.38. The molecule has 0 aliphatic heterocycles. The number of aromatic nitrogens is 2. The number of para-hydroxylation sites is 1. The highest BCUT2D eigenvalue weighted by Gasteiger charge is 2.20. The molecular formula is C22H18Cl2N4O3. The van der Waals surface area contributed by atoms with Gasteiger partial charge in [-0.3, -0.25) is 14.6 Å². The van der Waals surface area contributed by atoms with Crippen LogP contribution in [0.4, 0.5) is 11.6 Å². The first-order valence-corrected chi connectivity index (χ1v) is 10.1. The molecule has 7 nitrogen and oxygen atoms in total. The molecule has 2 aromatic carbocycles. The fourth-order valence-corrected chi connectivity index (χ4v) is 4.09. The number of furan rings is 1. The lowest BCUT2D eigenvalue weighted by atomic mass is 10.0. The van der Waals surface area contributed by atoms with Gasteiger partial charge in [0.25, 0.3) is 11.5 Å². The van der Waals surface area contributed by atoms with Crippen molar-refractivity contribution in [1.82, 2.24) is 9.97 Å². The van der Waals surface area contributed by atoms with Gasteiger partial charge < -0.3 is 15.5 Å². The summed E-state index contributed by atoms with van der Waals surface area (Å²) >= 11 is 12.3. The normalized spacial score (nSPS) is 11.1. The number of nitrogens with two attached hydrogens (primary N) is 1. The van der Waals surface area contributed by atoms with E-state index in [9.17, 15) is 9.59 Å². The molecule has 0 saturated carbocycles. The number of aryl methyl sites for hydroxylation is 2. The number of nitrogens with one attached hydrogen (secondary N) is 2. The van der Waals surface area contributed by atoms with Crippen LogP contribution in [0.15, 0.2) is 45.6 Å². The highest BCUT2D eigenvalue weighted by Crippen LogP contribution is 2.33. The van der Waals surface area contributed by atoms with Crippen LogP contribution >= 0.6 is 23.2 Å². The van der Waals surface area contributed by atoms with E-state index < -0.39 is 5.91 Å². The standard InChI is InChI=1S/C22H18Cl2N4O3/c1-10-13(20(29)28-22(25)26-10)9-14-11(2)31-19-12(14)5-3-8-17(19)27-21(30)18-15(23)6-4-7-16(18)24/h3-8H,9H2,1-2H3,(H,27,30)(H3,25,26,28,29). The third-order valence-corrected chi connectivity index (χ3v) is 5.68. The number of anilines is 2. The number of nitrogens with zero attached hydrogens (tertiary/aromatic N) is 1. The lowest BCUT2D eigenvalue weighted by Gasteiger charge is -2.09. The Bertz CT molecular complexity index is 1370. The van der Waals surface area contributed by atoms with Gasteiger partial charge in [-0.25, -0.2) is 4.98 Å². The van der Waals surface area contributed by atoms with Gasteiger partial charge in [-0.15, -0.1) is 0 Å². The topological polar surface area (TPSA) is 114 Å². The Labute approximate surface area is 187 Å². The van der Waals surface area contributed by atoms with Crippen molar-refractivity contribution in [2.75, 3.05) is 11.1 Å². The SMILES string of the molecule is Cc1nc(N)[nH]c(=O)c1Cc1c(C)oc2c(NC(=O)c3c(Cl)cccc3Cl)cccc12. The summed E-state index contributed by atoms with van der Waals surface area (Å²) in [6.07, 6.45) is 0.307. The summed E-state index contributed by atoms with van der Waals surface area (Å²) in [5.41, 5.74) is 8.32. The van der Waals surface area contributed by atoms with Gasteiger partial charge >= 0.3 is 0 Å². The summed E-state index contributed by atoms with van der Waals surface area (Å²) in [6, 6.07) is 10.2. The molecule has 0 fully saturated rings. The Balaban J connectivity index is 1.74. The van der Waals surface area contributed by atoms with Crippen LogP contribution in [0.1, 0.15) is 32.9 Å². The maximum Gasteiger partial charge on any atom is 0.258 e. The highest BCUT2D eigenvalue weighted by atomic mass is 35.5. The second kappa shape index (κ2) is 8.09. The van der Waals surface area contributed by atoms with Gasteiger partial charge in [0.05, 0.1) is 27.0 Å². The summed E-state index contributed by atoms with van der Waals surface area (Å²) in [5.74, 6) is 0.250. The Morgan fingerprint density at radius 2 is 1.81 bits per heavy atom. The highest BCUT2D eigenvalue weighted by molar-refractivity contribution is 6.40. The summed E-state index contributed by atoms with van der Waals surface area (Å²) in [6.45, 7) is 3.54. The summed E-state index contributed by atoms with van der Waals surface area (Å²) < 4.78 is 5.97. The molecule has 0 saturated heterocycles. The van der Waals surface area contributed by atoms with Crippen LogP contribution < -0.4 is 16.6 Å². The predicted octanol–water partition coefficient (Wildman–Crippen LogP) is 4.87. The minimum atomic E-state index is -0.450. The maximum atomic E-state index is 12.8. The average molecular weight is 457 g/mol. The lowest BCUT2D eigenvalue weighted by Crippen LogP contribution is -2.18. The molecule has 0 aliphatic carbocycles. The first kappa shape index (κ1) is 21.0. The molecule has 0 spiro atoms. The molecule has 158 valence electrons. The Kier molecular flexibility index (Phi) is 5.47. The van der Waals surface area contributed by atoms with E-state index in [4.69, 9.17) is 33.4 Å². The number of H-pyrrole nitrogens is 1. The molecular weight excluding hydrogens is 439 g/mol. The van der Waals surface area contributed by atoms with Gasteiger partial charge in [-0.1, -0.05) is 41.4 Å². The number of carbonyl (C=O) groups excluding carboxylic acids is 1. The largest absolute Gasteiger partial charge is 0.459 e. The van der Waals surface area contributed by atoms with Gasteiger partial charge in [0.1, 0.15) is 5.76 Å². The Hall–Kier alpha value is -3.29. The minimum absolute atomic E-state index is 0.0725. The van der Waals surface area contributed by atoms with Crippen LogP contribution in [0, 0.1) is 13.8 Å². The molecule has 0 radical (unpaired) electrons. The van der Waals surface area contributed by atoms with E-state index in [2.05, 4.69) is 15.3 Å². The molecule has 31 heavy (non-hydrogen) atoms. The van der Waals surface area contributed by atoms with Gasteiger partial charge in [0.2, 0.25) is 5.95 Å². The van der Waals surface area contributed by atoms with Crippen molar-refractivity contribution < 1.29 is 9.21 Å². The molecule has 0 bridgehead atoms. The lowest BCUT2D eigenvalue weighted by molar-refractivity contribution is 0.102. The number of fused-ring (bicyclic) bond motifs is 1. The zero-order valence-corrected chi connectivity index (χ0v) is 18.2. The monoisotopic (exact) mass is 456 g/mol. The quantitative estimate of drug-likeness (QED) is 0.405. The third kappa shape index (κ3) is 3.89. The fourth-order valence-electron chi connectivity index (χ4n) is 3.52. The van der Waals surface area contributed by atoms with Crippen molar-refractivity contribution in [1.29, 1.82) is 0 Å². The third-order valence-electron chi connectivity index (χ3n) is 5.05. The van der Waals surface area contributed by atoms with E-state index >= 15 is 0 Å². The molecule has 4 N–H and O–H groups in total. The predicted molar refractivity (Wildman–Crippen MR) is 122 cm³/mol. The number of carbonyl (C=O) groups is 1. The van der Waals surface area contributed by atoms with Crippen molar-refractivity contribution in [2.45, 2.75) is 20.3 Å². The van der Waals surface area contributed by atoms with Crippen LogP contribution in [0.5, 0.6) is 0 Å². The summed E-state index contributed by atoms with van der Waals surface area (Å²) in [4.78, 5) is 31.9. The number of rotatable bonds is 4. The number of amides is 1. The maximum absolute atomic E-state index is 12.8. The second-order valence-corrected chi connectivity index (χ2v) is 7.88. The van der Waals surface area contributed by atoms with E-state index in [1.165, 1.54) is 0 Å². The second-order valence-electron chi connectivity index (χ2n) is 7.06. The zero-order valence-electron chi connectivity index (χ0n) is 16.7. The molecule has 0 aliphatic rings. The number of benzene rings is 2. The van der Waals surface area contributed by atoms with Gasteiger partial charge in [-0.2, -0.15) is 0 Å². The van der Waals surface area contributed by atoms with Gasteiger partial charge in [0.15, 0.2) is 5.58 Å². The number of hydrogen-bond acceptors (Lipinski definition) is 5. The van der Waals surface area contributed by atoms with E-state index in [1.807, 2.05) is 6.07 Å². The van der Waals surface area contributed by atoms with Crippen molar-refractivity contribution in [3.63, 3.8) is 0 Å². The van der Waals surface area contributed by atoms with Crippen LogP contribution in [-0.2, 0) is 6.42 Å². The molecule has 2 aromatic heterocycles. The smallest absolute Gasteiger partial charge is 0.258 e. The van der Waals surface area contributed by atoms with E-state index in [1.54, 1.807) is 44.2 Å². The van der Waals surface area contributed by atoms with Crippen LogP contribution in [-0.4, -0.2) is 15.9 Å². The average Bonchev–Trinajstić information content (AvgIpc) is 3.00.